The number of nitrogens with one attached hydrogen (secondary N) is 2. The van der Waals surface area contributed by atoms with E-state index in [1.165, 1.54) is 4.90 Å². The van der Waals surface area contributed by atoms with Crippen LogP contribution >= 0.6 is 0 Å². The van der Waals surface area contributed by atoms with Gasteiger partial charge in [-0.2, -0.15) is 18.3 Å². The van der Waals surface area contributed by atoms with Crippen LogP contribution in [-0.4, -0.2) is 35.7 Å². The van der Waals surface area contributed by atoms with Crippen molar-refractivity contribution in [2.24, 2.45) is 5.10 Å². The Labute approximate surface area is 139 Å². The zero-order valence-electron chi connectivity index (χ0n) is 13.1. The van der Waals surface area contributed by atoms with E-state index in [-0.39, 0.29) is 12.1 Å². The Balaban J connectivity index is 2.46. The maximum Gasteiger partial charge on any atom is 0.416 e. The maximum absolute atomic E-state index is 12.8. The van der Waals surface area contributed by atoms with Crippen LogP contribution in [0.4, 0.5) is 30.2 Å². The molecule has 1 fully saturated rings. The van der Waals surface area contributed by atoms with E-state index in [2.05, 4.69) is 10.5 Å². The van der Waals surface area contributed by atoms with Gasteiger partial charge in [0.15, 0.2) is 0 Å². The van der Waals surface area contributed by atoms with Gasteiger partial charge in [0, 0.05) is 30.7 Å². The molecule has 12 heteroatoms. The lowest BCUT2D eigenvalue weighted by Gasteiger charge is -2.20. The number of quaternary nitrogens is 1. The first kappa shape index (κ1) is 18.6. The van der Waals surface area contributed by atoms with Gasteiger partial charge in [-0.3, -0.25) is 25.7 Å². The Morgan fingerprint density at radius 1 is 1.12 bits per heavy atom. The quantitative estimate of drug-likeness (QED) is 0.624. The number of rotatable bonds is 4. The first-order chi connectivity index (χ1) is 11.6. The van der Waals surface area contributed by atoms with Crippen molar-refractivity contribution in [3.05, 3.63) is 37.9 Å². The van der Waals surface area contributed by atoms with Gasteiger partial charge < -0.3 is 4.90 Å². The van der Waals surface area contributed by atoms with E-state index in [1.807, 2.05) is 7.05 Å². The largest absolute Gasteiger partial charge is 0.416 e. The summed E-state index contributed by atoms with van der Waals surface area (Å²) < 4.78 is 38.5. The van der Waals surface area contributed by atoms with Gasteiger partial charge in [-0.25, -0.2) is 0 Å². The molecule has 0 aromatic heterocycles. The van der Waals surface area contributed by atoms with E-state index in [0.717, 1.165) is 13.1 Å². The highest BCUT2D eigenvalue weighted by Crippen LogP contribution is 2.41. The second-order valence-electron chi connectivity index (χ2n) is 5.65. The van der Waals surface area contributed by atoms with Crippen molar-refractivity contribution in [3.8, 4) is 0 Å². The number of likely N-dealkylation sites (tertiary alicyclic amines) is 1. The third-order valence-electron chi connectivity index (χ3n) is 3.82. The molecule has 0 aliphatic carbocycles. The second kappa shape index (κ2) is 7.01. The summed E-state index contributed by atoms with van der Waals surface area (Å²) in [4.78, 5) is 21.2. The molecule has 25 heavy (non-hydrogen) atoms. The highest BCUT2D eigenvalue weighted by molar-refractivity contribution is 5.86. The molecule has 0 atom stereocenters. The molecule has 9 nitrogen and oxygen atoms in total. The minimum absolute atomic E-state index is 0.258. The number of nitrogens with zero attached hydrogens (tertiary/aromatic N) is 3. The molecule has 0 radical (unpaired) electrons. The van der Waals surface area contributed by atoms with Crippen molar-refractivity contribution in [1.29, 1.82) is 0 Å². The predicted molar refractivity (Wildman–Crippen MR) is 81.7 cm³/mol. The molecule has 1 aliphatic rings. The standard InChI is InChI=1S/C13H14F3N5O4/c1-19-4-2-9(3-5-19)17-18-12-10(20(22)23)6-8(13(14,15)16)7-11(12)21(24)25/h6-7,18H,2-5H2,1H3/p+1. The minimum Gasteiger partial charge on any atom is -0.337 e. The number of halogens is 3. The van der Waals surface area contributed by atoms with Gasteiger partial charge in [0.2, 0.25) is 5.69 Å². The number of anilines is 1. The molecular formula is C13H15F3N5O4+. The van der Waals surface area contributed by atoms with Crippen LogP contribution in [0.3, 0.4) is 0 Å². The molecule has 2 N–H and O–H groups in total. The summed E-state index contributed by atoms with van der Waals surface area (Å²) in [6.07, 6.45) is -3.78. The molecular weight excluding hydrogens is 347 g/mol. The zero-order chi connectivity index (χ0) is 18.8. The van der Waals surface area contributed by atoms with Crippen LogP contribution in [0.5, 0.6) is 0 Å². The summed E-state index contributed by atoms with van der Waals surface area (Å²) in [5.41, 5.74) is -1.35. The number of hydrogen-bond donors (Lipinski definition) is 2. The third kappa shape index (κ3) is 4.41. The Kier molecular flexibility index (Phi) is 5.21. The number of hydrogen-bond acceptors (Lipinski definition) is 6. The smallest absolute Gasteiger partial charge is 0.337 e. The topological polar surface area (TPSA) is 115 Å². The first-order valence-corrected chi connectivity index (χ1v) is 7.26. The summed E-state index contributed by atoms with van der Waals surface area (Å²) in [7, 11) is 1.98. The first-order valence-electron chi connectivity index (χ1n) is 7.26. The van der Waals surface area contributed by atoms with E-state index < -0.39 is 38.6 Å². The highest BCUT2D eigenvalue weighted by atomic mass is 19.4. The van der Waals surface area contributed by atoms with Crippen LogP contribution in [0.2, 0.25) is 0 Å². The van der Waals surface area contributed by atoms with Crippen LogP contribution < -0.4 is 10.3 Å². The van der Waals surface area contributed by atoms with E-state index in [0.29, 0.717) is 18.6 Å². The predicted octanol–water partition coefficient (Wildman–Crippen LogP) is 1.60. The third-order valence-corrected chi connectivity index (χ3v) is 3.82. The molecule has 0 spiro atoms. The molecule has 136 valence electrons. The lowest BCUT2D eigenvalue weighted by molar-refractivity contribution is -0.880. The SMILES string of the molecule is C[NH+]1CCC(=NNc2c([N+](=O)[O-])cc(C(F)(F)F)cc2[N+](=O)[O-])CC1. The summed E-state index contributed by atoms with van der Waals surface area (Å²) in [6.45, 7) is 1.55. The molecule has 2 rings (SSSR count). The van der Waals surface area contributed by atoms with Gasteiger partial charge in [0.1, 0.15) is 0 Å². The van der Waals surface area contributed by atoms with Crippen LogP contribution in [0.25, 0.3) is 0 Å². The van der Waals surface area contributed by atoms with Crippen molar-refractivity contribution in [2.75, 3.05) is 25.6 Å². The van der Waals surface area contributed by atoms with Gasteiger partial charge in [-0.1, -0.05) is 0 Å². The number of nitro groups is 2. The van der Waals surface area contributed by atoms with Crippen molar-refractivity contribution in [3.63, 3.8) is 0 Å². The fraction of sp³-hybridized carbons (Fsp3) is 0.462. The van der Waals surface area contributed by atoms with E-state index in [9.17, 15) is 33.4 Å². The number of benzene rings is 1. The van der Waals surface area contributed by atoms with Crippen molar-refractivity contribution >= 4 is 22.8 Å². The molecule has 1 heterocycles. The van der Waals surface area contributed by atoms with E-state index in [1.54, 1.807) is 0 Å². The van der Waals surface area contributed by atoms with Crippen molar-refractivity contribution in [1.82, 2.24) is 0 Å². The highest BCUT2D eigenvalue weighted by Gasteiger charge is 2.37. The summed E-state index contributed by atoms with van der Waals surface area (Å²) in [6, 6.07) is 0.517. The van der Waals surface area contributed by atoms with Gasteiger partial charge >= 0.3 is 17.6 Å². The summed E-state index contributed by atoms with van der Waals surface area (Å²) in [5, 5.41) is 26.1. The second-order valence-corrected chi connectivity index (χ2v) is 5.65. The lowest BCUT2D eigenvalue weighted by atomic mass is 10.1. The molecule has 0 saturated carbocycles. The Hall–Kier alpha value is -2.76. The molecule has 1 aromatic rings. The zero-order valence-corrected chi connectivity index (χ0v) is 13.1. The van der Waals surface area contributed by atoms with Crippen molar-refractivity contribution in [2.45, 2.75) is 19.0 Å². The van der Waals surface area contributed by atoms with Gasteiger partial charge in [-0.15, -0.1) is 0 Å². The molecule has 0 amide bonds. The molecule has 1 aliphatic heterocycles. The monoisotopic (exact) mass is 362 g/mol. The van der Waals surface area contributed by atoms with Crippen LogP contribution in [-0.2, 0) is 6.18 Å². The lowest BCUT2D eigenvalue weighted by Crippen LogP contribution is -3.10. The van der Waals surface area contributed by atoms with Crippen LogP contribution in [0.15, 0.2) is 17.2 Å². The van der Waals surface area contributed by atoms with Crippen LogP contribution in [0.1, 0.15) is 18.4 Å². The summed E-state index contributed by atoms with van der Waals surface area (Å²) >= 11 is 0. The average Bonchev–Trinajstić information content (AvgIpc) is 2.52. The van der Waals surface area contributed by atoms with Gasteiger partial charge in [-0.05, 0) is 0 Å². The fourth-order valence-corrected chi connectivity index (χ4v) is 2.39. The average molecular weight is 362 g/mol. The molecule has 1 aromatic carbocycles. The van der Waals surface area contributed by atoms with E-state index >= 15 is 0 Å². The molecule has 1 saturated heterocycles. The van der Waals surface area contributed by atoms with Crippen LogP contribution in [0, 0.1) is 20.2 Å². The maximum atomic E-state index is 12.8. The number of alkyl halides is 3. The van der Waals surface area contributed by atoms with Gasteiger partial charge in [0.25, 0.3) is 0 Å². The normalized spacial score (nSPS) is 17.9. The Bertz CT molecular complexity index is 690. The number of hydrazone groups is 1. The Morgan fingerprint density at radius 2 is 1.60 bits per heavy atom. The van der Waals surface area contributed by atoms with E-state index in [4.69, 9.17) is 0 Å². The fourth-order valence-electron chi connectivity index (χ4n) is 2.39. The van der Waals surface area contributed by atoms with Gasteiger partial charge in [0.05, 0.1) is 35.5 Å². The molecule has 0 unspecified atom stereocenters. The minimum atomic E-state index is -4.95. The Morgan fingerprint density at radius 3 is 2.00 bits per heavy atom. The number of nitro benzene ring substituents is 2. The number of piperidine rings is 1. The summed E-state index contributed by atoms with van der Waals surface area (Å²) in [5.74, 6) is 0. The van der Waals surface area contributed by atoms with Crippen molar-refractivity contribution < 1.29 is 27.9 Å². The molecule has 0 bridgehead atoms.